The fourth-order valence-electron chi connectivity index (χ4n) is 2.20. The Bertz CT molecular complexity index is 604. The average molecular weight is 286 g/mol. The Morgan fingerprint density at radius 1 is 1.35 bits per heavy atom. The van der Waals surface area contributed by atoms with Crippen LogP contribution in [0.3, 0.4) is 0 Å². The molecule has 1 saturated heterocycles. The summed E-state index contributed by atoms with van der Waals surface area (Å²) in [5.41, 5.74) is -0.314. The zero-order valence-electron chi connectivity index (χ0n) is 10.5. The minimum absolute atomic E-state index is 0.0920. The molecule has 3 rings (SSSR count). The summed E-state index contributed by atoms with van der Waals surface area (Å²) in [5.74, 6) is 0.472. The fraction of sp³-hybridized carbons (Fsp3) is 0.500. The van der Waals surface area contributed by atoms with Gasteiger partial charge in [0.05, 0.1) is 18.3 Å². The standard InChI is InChI=1S/C12H13F3N4O/c13-12(14,15)8-1-2-10-17-18-11(19(10)7-8)5-9-6-16-3-4-20-9/h1-2,7,9,16H,3-6H2. The van der Waals surface area contributed by atoms with Crippen LogP contribution in [0.5, 0.6) is 0 Å². The Morgan fingerprint density at radius 2 is 2.20 bits per heavy atom. The number of pyridine rings is 1. The van der Waals surface area contributed by atoms with E-state index in [1.165, 1.54) is 10.5 Å². The molecule has 2 aromatic heterocycles. The third kappa shape index (κ3) is 2.61. The summed E-state index contributed by atoms with van der Waals surface area (Å²) >= 11 is 0. The van der Waals surface area contributed by atoms with Gasteiger partial charge in [-0.2, -0.15) is 13.2 Å². The van der Waals surface area contributed by atoms with E-state index in [0.29, 0.717) is 31.0 Å². The Kier molecular flexibility index (Phi) is 3.35. The summed E-state index contributed by atoms with van der Waals surface area (Å²) in [6, 6.07) is 2.33. The van der Waals surface area contributed by atoms with Gasteiger partial charge in [-0.05, 0) is 12.1 Å². The summed E-state index contributed by atoms with van der Waals surface area (Å²) in [6.07, 6.45) is -3.01. The molecule has 0 aromatic carbocycles. The van der Waals surface area contributed by atoms with E-state index in [9.17, 15) is 13.2 Å². The van der Waals surface area contributed by atoms with E-state index >= 15 is 0 Å². The number of nitrogens with one attached hydrogen (secondary N) is 1. The fourth-order valence-corrected chi connectivity index (χ4v) is 2.20. The molecule has 5 nitrogen and oxygen atoms in total. The van der Waals surface area contributed by atoms with Crippen molar-refractivity contribution in [1.29, 1.82) is 0 Å². The van der Waals surface area contributed by atoms with Crippen molar-refractivity contribution in [3.8, 4) is 0 Å². The molecule has 0 bridgehead atoms. The van der Waals surface area contributed by atoms with Gasteiger partial charge < -0.3 is 10.1 Å². The lowest BCUT2D eigenvalue weighted by Crippen LogP contribution is -2.39. The van der Waals surface area contributed by atoms with E-state index in [4.69, 9.17) is 4.74 Å². The number of ether oxygens (including phenoxy) is 1. The molecule has 20 heavy (non-hydrogen) atoms. The van der Waals surface area contributed by atoms with E-state index in [1.807, 2.05) is 0 Å². The topological polar surface area (TPSA) is 51.5 Å². The Labute approximate surface area is 112 Å². The lowest BCUT2D eigenvalue weighted by atomic mass is 10.2. The van der Waals surface area contributed by atoms with Crippen molar-refractivity contribution in [2.24, 2.45) is 0 Å². The van der Waals surface area contributed by atoms with Gasteiger partial charge in [0.15, 0.2) is 5.65 Å². The maximum atomic E-state index is 12.7. The third-order valence-corrected chi connectivity index (χ3v) is 3.21. The maximum absolute atomic E-state index is 12.7. The van der Waals surface area contributed by atoms with Gasteiger partial charge in [0, 0.05) is 25.7 Å². The van der Waals surface area contributed by atoms with Crippen LogP contribution in [-0.4, -0.2) is 40.4 Å². The molecule has 0 spiro atoms. The van der Waals surface area contributed by atoms with Crippen LogP contribution in [0.2, 0.25) is 0 Å². The molecule has 1 fully saturated rings. The highest BCUT2D eigenvalue weighted by Gasteiger charge is 2.31. The van der Waals surface area contributed by atoms with E-state index < -0.39 is 11.7 Å². The molecular weight excluding hydrogens is 273 g/mol. The van der Waals surface area contributed by atoms with Gasteiger partial charge in [-0.15, -0.1) is 10.2 Å². The van der Waals surface area contributed by atoms with Crippen molar-refractivity contribution in [2.45, 2.75) is 18.7 Å². The van der Waals surface area contributed by atoms with Crippen LogP contribution in [0.25, 0.3) is 5.65 Å². The second-order valence-electron chi connectivity index (χ2n) is 4.66. The van der Waals surface area contributed by atoms with Crippen LogP contribution >= 0.6 is 0 Å². The van der Waals surface area contributed by atoms with Crippen molar-refractivity contribution in [2.75, 3.05) is 19.7 Å². The van der Waals surface area contributed by atoms with Gasteiger partial charge in [0.25, 0.3) is 0 Å². The first-order chi connectivity index (χ1) is 9.54. The molecule has 3 heterocycles. The van der Waals surface area contributed by atoms with Crippen molar-refractivity contribution in [3.63, 3.8) is 0 Å². The quantitative estimate of drug-likeness (QED) is 0.903. The number of halogens is 3. The minimum Gasteiger partial charge on any atom is -0.375 e. The molecule has 2 aromatic rings. The SMILES string of the molecule is FC(F)(F)c1ccc2nnc(CC3CNCCO3)n2c1. The number of morpholine rings is 1. The Morgan fingerprint density at radius 3 is 2.90 bits per heavy atom. The summed E-state index contributed by atoms with van der Waals surface area (Å²) < 4.78 is 45.1. The van der Waals surface area contributed by atoms with Crippen molar-refractivity contribution < 1.29 is 17.9 Å². The number of fused-ring (bicyclic) bond motifs is 1. The number of hydrogen-bond donors (Lipinski definition) is 1. The average Bonchev–Trinajstić information content (AvgIpc) is 2.82. The number of aromatic nitrogens is 3. The maximum Gasteiger partial charge on any atom is 0.417 e. The molecule has 108 valence electrons. The van der Waals surface area contributed by atoms with Gasteiger partial charge in [-0.25, -0.2) is 0 Å². The first-order valence-electron chi connectivity index (χ1n) is 6.27. The predicted octanol–water partition coefficient (Wildman–Crippen LogP) is 1.28. The van der Waals surface area contributed by atoms with Crippen LogP contribution in [0, 0.1) is 0 Å². The Hall–Kier alpha value is -1.67. The number of hydrogen-bond acceptors (Lipinski definition) is 4. The Balaban J connectivity index is 1.90. The number of nitrogens with zero attached hydrogens (tertiary/aromatic N) is 3. The van der Waals surface area contributed by atoms with Gasteiger partial charge >= 0.3 is 6.18 Å². The van der Waals surface area contributed by atoms with Crippen LogP contribution in [0.1, 0.15) is 11.4 Å². The largest absolute Gasteiger partial charge is 0.417 e. The molecule has 0 saturated carbocycles. The highest BCUT2D eigenvalue weighted by molar-refractivity contribution is 5.40. The van der Waals surface area contributed by atoms with Gasteiger partial charge in [0.2, 0.25) is 0 Å². The summed E-state index contributed by atoms with van der Waals surface area (Å²) in [4.78, 5) is 0. The molecule has 0 aliphatic carbocycles. The van der Waals surface area contributed by atoms with Gasteiger partial charge in [0.1, 0.15) is 5.82 Å². The van der Waals surface area contributed by atoms with Gasteiger partial charge in [-0.3, -0.25) is 4.40 Å². The molecule has 1 atom stereocenters. The molecule has 1 unspecified atom stereocenters. The highest BCUT2D eigenvalue weighted by Crippen LogP contribution is 2.29. The lowest BCUT2D eigenvalue weighted by molar-refractivity contribution is -0.137. The smallest absolute Gasteiger partial charge is 0.375 e. The lowest BCUT2D eigenvalue weighted by Gasteiger charge is -2.22. The van der Waals surface area contributed by atoms with Gasteiger partial charge in [-0.1, -0.05) is 0 Å². The minimum atomic E-state index is -4.38. The van der Waals surface area contributed by atoms with Crippen LogP contribution in [0.4, 0.5) is 13.2 Å². The first kappa shape index (κ1) is 13.3. The van der Waals surface area contributed by atoms with E-state index in [1.54, 1.807) is 0 Å². The third-order valence-electron chi connectivity index (χ3n) is 3.21. The molecule has 8 heteroatoms. The van der Waals surface area contributed by atoms with E-state index in [2.05, 4.69) is 15.5 Å². The molecule has 0 amide bonds. The van der Waals surface area contributed by atoms with Crippen LogP contribution < -0.4 is 5.32 Å². The monoisotopic (exact) mass is 286 g/mol. The zero-order chi connectivity index (χ0) is 14.2. The number of alkyl halides is 3. The van der Waals surface area contributed by atoms with E-state index in [-0.39, 0.29) is 6.10 Å². The molecule has 1 aliphatic rings. The van der Waals surface area contributed by atoms with E-state index in [0.717, 1.165) is 18.8 Å². The van der Waals surface area contributed by atoms with Crippen LogP contribution in [-0.2, 0) is 17.3 Å². The summed E-state index contributed by atoms with van der Waals surface area (Å²) in [5, 5.41) is 11.0. The van der Waals surface area contributed by atoms with Crippen LogP contribution in [0.15, 0.2) is 18.3 Å². The molecule has 1 N–H and O–H groups in total. The highest BCUT2D eigenvalue weighted by atomic mass is 19.4. The summed E-state index contributed by atoms with van der Waals surface area (Å²) in [6.45, 7) is 2.04. The first-order valence-corrected chi connectivity index (χ1v) is 6.27. The normalized spacial score (nSPS) is 20.4. The summed E-state index contributed by atoms with van der Waals surface area (Å²) in [7, 11) is 0. The zero-order valence-corrected chi connectivity index (χ0v) is 10.5. The van der Waals surface area contributed by atoms with Crippen molar-refractivity contribution >= 4 is 5.65 Å². The molecule has 0 radical (unpaired) electrons. The van der Waals surface area contributed by atoms with Crippen molar-refractivity contribution in [3.05, 3.63) is 29.7 Å². The predicted molar refractivity (Wildman–Crippen MR) is 64.3 cm³/mol. The second-order valence-corrected chi connectivity index (χ2v) is 4.66. The molecular formula is C12H13F3N4O. The second kappa shape index (κ2) is 5.02. The molecule has 1 aliphatic heterocycles. The number of rotatable bonds is 2. The van der Waals surface area contributed by atoms with Crippen molar-refractivity contribution in [1.82, 2.24) is 19.9 Å².